The lowest BCUT2D eigenvalue weighted by molar-refractivity contribution is -0.303. The second kappa shape index (κ2) is 13.6. The van der Waals surface area contributed by atoms with Crippen LogP contribution in [0.2, 0.25) is 0 Å². The van der Waals surface area contributed by atoms with Gasteiger partial charge in [-0.3, -0.25) is 0 Å². The highest BCUT2D eigenvalue weighted by atomic mass is 16.7. The van der Waals surface area contributed by atoms with Gasteiger partial charge in [0.15, 0.2) is 6.29 Å². The highest BCUT2D eigenvalue weighted by molar-refractivity contribution is 5.09. The molecule has 0 unspecified atom stereocenters. The average Bonchev–Trinajstić information content (AvgIpc) is 3.32. The fraction of sp³-hybridized carbons (Fsp3) is 1.00. The Bertz CT molecular complexity index is 866. The third-order valence-electron chi connectivity index (χ3n) is 13.4. The zero-order valence-electron chi connectivity index (χ0n) is 27.1. The molecule has 0 aromatic rings. The maximum Gasteiger partial charge on any atom is 0.186 e. The van der Waals surface area contributed by atoms with Crippen LogP contribution in [0.1, 0.15) is 112 Å². The summed E-state index contributed by atoms with van der Waals surface area (Å²) >= 11 is 0. The van der Waals surface area contributed by atoms with Crippen LogP contribution in [0.3, 0.4) is 0 Å². The fourth-order valence-electron chi connectivity index (χ4n) is 11.0. The van der Waals surface area contributed by atoms with Crippen molar-refractivity contribution >= 4 is 0 Å². The molecule has 0 aromatic carbocycles. The van der Waals surface area contributed by atoms with Crippen LogP contribution in [0.4, 0.5) is 0 Å². The fourth-order valence-corrected chi connectivity index (χ4v) is 11.0. The maximum atomic E-state index is 10.2. The van der Waals surface area contributed by atoms with Crippen molar-refractivity contribution in [2.45, 2.75) is 148 Å². The third kappa shape index (κ3) is 6.37. The van der Waals surface area contributed by atoms with Gasteiger partial charge in [0, 0.05) is 0 Å². The summed E-state index contributed by atoms with van der Waals surface area (Å²) in [6.45, 7) is 12.8. The van der Waals surface area contributed by atoms with E-state index in [9.17, 15) is 20.4 Å². The molecule has 42 heavy (non-hydrogen) atoms. The van der Waals surface area contributed by atoms with E-state index in [1.807, 2.05) is 0 Å². The maximum absolute atomic E-state index is 10.2. The number of hydrogen-bond acceptors (Lipinski definition) is 7. The van der Waals surface area contributed by atoms with Gasteiger partial charge in [0.1, 0.15) is 24.4 Å². The van der Waals surface area contributed by atoms with Crippen molar-refractivity contribution in [3.63, 3.8) is 0 Å². The van der Waals surface area contributed by atoms with Crippen LogP contribution in [0.15, 0.2) is 0 Å². The van der Waals surface area contributed by atoms with Crippen molar-refractivity contribution in [1.82, 2.24) is 0 Å². The Morgan fingerprint density at radius 2 is 1.50 bits per heavy atom. The number of hydrogen-bond donors (Lipinski definition) is 4. The van der Waals surface area contributed by atoms with Gasteiger partial charge in [-0.1, -0.05) is 53.9 Å². The van der Waals surface area contributed by atoms with Crippen LogP contribution in [0.5, 0.6) is 0 Å². The summed E-state index contributed by atoms with van der Waals surface area (Å²) in [6.07, 6.45) is 10.1. The largest absolute Gasteiger partial charge is 0.394 e. The van der Waals surface area contributed by atoms with Crippen LogP contribution in [-0.4, -0.2) is 77.1 Å². The average molecular weight is 595 g/mol. The molecule has 5 fully saturated rings. The Balaban J connectivity index is 1.10. The van der Waals surface area contributed by atoms with Crippen LogP contribution in [-0.2, 0) is 14.2 Å². The molecule has 5 aliphatic rings. The van der Waals surface area contributed by atoms with Gasteiger partial charge in [-0.15, -0.1) is 0 Å². The first-order chi connectivity index (χ1) is 20.0. The Hall–Kier alpha value is -0.280. The molecule has 14 atom stereocenters. The number of rotatable bonds is 11. The van der Waals surface area contributed by atoms with Gasteiger partial charge in [0.25, 0.3) is 0 Å². The first kappa shape index (κ1) is 33.1. The van der Waals surface area contributed by atoms with Crippen LogP contribution >= 0.6 is 0 Å². The van der Waals surface area contributed by atoms with Gasteiger partial charge >= 0.3 is 0 Å². The first-order valence-electron chi connectivity index (χ1n) is 17.5. The van der Waals surface area contributed by atoms with E-state index in [1.165, 1.54) is 64.2 Å². The third-order valence-corrected chi connectivity index (χ3v) is 13.4. The molecule has 1 aliphatic heterocycles. The summed E-state index contributed by atoms with van der Waals surface area (Å²) in [7, 11) is 0. The van der Waals surface area contributed by atoms with Gasteiger partial charge in [0.05, 0.1) is 25.9 Å². The van der Waals surface area contributed by atoms with E-state index in [2.05, 4.69) is 34.6 Å². The summed E-state index contributed by atoms with van der Waals surface area (Å²) in [5.74, 6) is 6.00. The molecule has 4 saturated carbocycles. The molecule has 0 radical (unpaired) electrons. The molecular weight excluding hydrogens is 532 g/mol. The number of aliphatic hydroxyl groups is 4. The van der Waals surface area contributed by atoms with Crippen LogP contribution in [0, 0.1) is 52.3 Å². The van der Waals surface area contributed by atoms with E-state index >= 15 is 0 Å². The second-order valence-corrected chi connectivity index (χ2v) is 16.0. The molecule has 5 rings (SSSR count). The highest BCUT2D eigenvalue weighted by Gasteiger charge is 2.60. The Morgan fingerprint density at radius 1 is 0.786 bits per heavy atom. The zero-order valence-corrected chi connectivity index (χ0v) is 27.1. The summed E-state index contributed by atoms with van der Waals surface area (Å²) in [5, 5.41) is 39.6. The first-order valence-corrected chi connectivity index (χ1v) is 17.5. The predicted molar refractivity (Wildman–Crippen MR) is 163 cm³/mol. The predicted octanol–water partition coefficient (Wildman–Crippen LogP) is 5.31. The summed E-state index contributed by atoms with van der Waals surface area (Å²) < 4.78 is 17.4. The molecule has 4 N–H and O–H groups in total. The molecule has 0 spiro atoms. The summed E-state index contributed by atoms with van der Waals surface area (Å²) in [6, 6.07) is 0. The van der Waals surface area contributed by atoms with Gasteiger partial charge in [-0.05, 0) is 110 Å². The van der Waals surface area contributed by atoms with E-state index in [-0.39, 0.29) is 12.7 Å². The van der Waals surface area contributed by atoms with Crippen LogP contribution in [0.25, 0.3) is 0 Å². The number of fused-ring (bicyclic) bond motifs is 5. The Kier molecular flexibility index (Phi) is 10.7. The van der Waals surface area contributed by atoms with Gasteiger partial charge < -0.3 is 34.6 Å². The summed E-state index contributed by atoms with van der Waals surface area (Å²) in [4.78, 5) is 0. The van der Waals surface area contributed by atoms with Gasteiger partial charge in [-0.25, -0.2) is 0 Å². The SMILES string of the molecule is CC(C)CCC[C@@H](C)[C@H]1CC[C@H]2[C@@H]3CC[C@H]4C[C@@H](OCCO[C@@H]5O[C@H](CO)[C@@H](O)[C@H](O)[C@H]5O)CC[C@]4(C)[C@H]3CC[C@]12C. The van der Waals surface area contributed by atoms with Crippen molar-refractivity contribution in [3.05, 3.63) is 0 Å². The minimum Gasteiger partial charge on any atom is -0.394 e. The monoisotopic (exact) mass is 594 g/mol. The molecule has 244 valence electrons. The van der Waals surface area contributed by atoms with Crippen molar-refractivity contribution in [1.29, 1.82) is 0 Å². The van der Waals surface area contributed by atoms with E-state index in [0.717, 1.165) is 54.3 Å². The molecule has 0 aromatic heterocycles. The van der Waals surface area contributed by atoms with Crippen molar-refractivity contribution in [2.24, 2.45) is 52.3 Å². The standard InChI is InChI=1S/C35H62O7/c1-21(2)7-6-8-22(3)26-11-12-27-25-10-9-23-19-24(13-15-34(23,4)28(25)14-16-35(26,27)5)40-17-18-41-33-32(39)31(38)30(37)29(20-36)42-33/h21-33,36-39H,6-20H2,1-5H3/t22-,23+,24+,25+,26-,27+,28+,29-,30-,31+,32-,33-,34+,35-/m1/s1. The minimum absolute atomic E-state index is 0.225. The zero-order chi connectivity index (χ0) is 30.2. The van der Waals surface area contributed by atoms with Crippen molar-refractivity contribution in [2.75, 3.05) is 19.8 Å². The van der Waals surface area contributed by atoms with Gasteiger partial charge in [0.2, 0.25) is 0 Å². The minimum atomic E-state index is -1.42. The van der Waals surface area contributed by atoms with E-state index in [4.69, 9.17) is 14.2 Å². The molecule has 0 bridgehead atoms. The molecule has 1 saturated heterocycles. The molecule has 1 heterocycles. The van der Waals surface area contributed by atoms with Gasteiger partial charge in [-0.2, -0.15) is 0 Å². The van der Waals surface area contributed by atoms with Crippen molar-refractivity contribution < 1.29 is 34.6 Å². The molecule has 4 aliphatic carbocycles. The van der Waals surface area contributed by atoms with E-state index in [0.29, 0.717) is 17.4 Å². The number of aliphatic hydroxyl groups excluding tert-OH is 4. The quantitative estimate of drug-likeness (QED) is 0.240. The normalized spacial score (nSPS) is 48.0. The molecular formula is C35H62O7. The molecule has 7 nitrogen and oxygen atoms in total. The topological polar surface area (TPSA) is 109 Å². The lowest BCUT2D eigenvalue weighted by Crippen LogP contribution is -2.59. The van der Waals surface area contributed by atoms with Crippen LogP contribution < -0.4 is 0 Å². The summed E-state index contributed by atoms with van der Waals surface area (Å²) in [5.41, 5.74) is 0.973. The highest BCUT2D eigenvalue weighted by Crippen LogP contribution is 2.68. The number of ether oxygens (including phenoxy) is 3. The van der Waals surface area contributed by atoms with E-state index in [1.54, 1.807) is 0 Å². The molecule has 7 heteroatoms. The smallest absolute Gasteiger partial charge is 0.186 e. The lowest BCUT2D eigenvalue weighted by Gasteiger charge is -2.61. The van der Waals surface area contributed by atoms with E-state index < -0.39 is 37.3 Å². The molecule has 0 amide bonds. The second-order valence-electron chi connectivity index (χ2n) is 16.0. The Morgan fingerprint density at radius 3 is 2.24 bits per heavy atom. The van der Waals surface area contributed by atoms with Crippen molar-refractivity contribution in [3.8, 4) is 0 Å². The lowest BCUT2D eigenvalue weighted by atomic mass is 9.44. The Labute approximate surface area is 255 Å².